The van der Waals surface area contributed by atoms with Crippen LogP contribution in [0.1, 0.15) is 18.2 Å². The van der Waals surface area contributed by atoms with E-state index in [-0.39, 0.29) is 12.4 Å². The summed E-state index contributed by atoms with van der Waals surface area (Å²) in [5.74, 6) is 0.277. The van der Waals surface area contributed by atoms with Gasteiger partial charge in [0.15, 0.2) is 6.61 Å². The molecule has 0 bridgehead atoms. The Kier molecular flexibility index (Phi) is 8.94. The van der Waals surface area contributed by atoms with Gasteiger partial charge in [0, 0.05) is 18.7 Å². The van der Waals surface area contributed by atoms with Gasteiger partial charge >= 0.3 is 0 Å². The molecule has 0 radical (unpaired) electrons. The zero-order chi connectivity index (χ0) is 21.4. The molecule has 1 aromatic heterocycles. The molecule has 2 rings (SSSR count). The van der Waals surface area contributed by atoms with Crippen molar-refractivity contribution in [3.63, 3.8) is 0 Å². The molecule has 0 spiro atoms. The van der Waals surface area contributed by atoms with Crippen molar-refractivity contribution in [1.29, 1.82) is 0 Å². The molecular weight excluding hydrogens is 445 g/mol. The summed E-state index contributed by atoms with van der Waals surface area (Å²) in [6.45, 7) is 4.40. The Labute approximate surface area is 179 Å². The van der Waals surface area contributed by atoms with Crippen molar-refractivity contribution in [3.05, 3.63) is 57.8 Å². The molecule has 11 heteroatoms. The average molecular weight is 463 g/mol. The molecule has 2 aromatic rings. The van der Waals surface area contributed by atoms with Crippen LogP contribution < -0.4 is 4.31 Å². The zero-order valence-electron chi connectivity index (χ0n) is 15.4. The van der Waals surface area contributed by atoms with Gasteiger partial charge in [-0.05, 0) is 30.3 Å². The Morgan fingerprint density at radius 3 is 2.62 bits per heavy atom. The van der Waals surface area contributed by atoms with E-state index in [0.717, 1.165) is 0 Å². The largest absolute Gasteiger partial charge is 0.470 e. The van der Waals surface area contributed by atoms with E-state index in [2.05, 4.69) is 21.9 Å². The lowest BCUT2D eigenvalue weighted by atomic mass is 10.2. The van der Waals surface area contributed by atoms with Gasteiger partial charge in [-0.2, -0.15) is 5.10 Å². The summed E-state index contributed by atoms with van der Waals surface area (Å²) in [6.07, 6.45) is -1.24. The Bertz CT molecular complexity index is 898. The van der Waals surface area contributed by atoms with Crippen LogP contribution in [0.25, 0.3) is 0 Å². The van der Waals surface area contributed by atoms with E-state index in [1.165, 1.54) is 6.20 Å². The van der Waals surface area contributed by atoms with Gasteiger partial charge in [-0.15, -0.1) is 5.10 Å². The summed E-state index contributed by atoms with van der Waals surface area (Å²) in [5, 5.41) is 7.67. The van der Waals surface area contributed by atoms with E-state index in [1.807, 2.05) is 0 Å². The summed E-state index contributed by atoms with van der Waals surface area (Å²) in [7, 11) is -1.32. The first-order chi connectivity index (χ1) is 13.8. The van der Waals surface area contributed by atoms with Crippen LogP contribution in [0, 0.1) is 0 Å². The van der Waals surface area contributed by atoms with Gasteiger partial charge in [-0.1, -0.05) is 30.1 Å². The molecule has 0 amide bonds. The fourth-order valence-corrected chi connectivity index (χ4v) is 3.47. The highest BCUT2D eigenvalue weighted by Crippen LogP contribution is 2.28. The predicted molar refractivity (Wildman–Crippen MR) is 114 cm³/mol. The number of aromatic nitrogens is 1. The van der Waals surface area contributed by atoms with Crippen LogP contribution in [0.3, 0.4) is 0 Å². The van der Waals surface area contributed by atoms with Gasteiger partial charge in [0.05, 0.1) is 33.5 Å². The number of benzene rings is 1. The van der Waals surface area contributed by atoms with Crippen molar-refractivity contribution in [2.24, 2.45) is 10.2 Å². The Hall–Kier alpha value is -2.10. The summed E-state index contributed by atoms with van der Waals surface area (Å²) < 4.78 is 43.9. The third-order valence-corrected chi connectivity index (χ3v) is 5.63. The highest BCUT2D eigenvalue weighted by Gasteiger charge is 2.16. The van der Waals surface area contributed by atoms with Gasteiger partial charge in [0.2, 0.25) is 5.90 Å². The molecule has 1 heterocycles. The first-order valence-electron chi connectivity index (χ1n) is 8.36. The van der Waals surface area contributed by atoms with Crippen molar-refractivity contribution in [3.8, 4) is 0 Å². The van der Waals surface area contributed by atoms with Crippen LogP contribution in [0.15, 0.2) is 46.7 Å². The van der Waals surface area contributed by atoms with E-state index in [4.69, 9.17) is 27.9 Å². The van der Waals surface area contributed by atoms with E-state index < -0.39 is 24.0 Å². The number of hydrogen-bond donors (Lipinski definition) is 0. The number of halogens is 4. The van der Waals surface area contributed by atoms with Crippen molar-refractivity contribution in [2.45, 2.75) is 19.9 Å². The second-order valence-corrected chi connectivity index (χ2v) is 8.01. The maximum absolute atomic E-state index is 12.5. The molecule has 0 N–H and O–H groups in total. The minimum atomic E-state index is -2.65. The number of anilines is 1. The summed E-state index contributed by atoms with van der Waals surface area (Å²) in [5.41, 5.74) is 1.57. The van der Waals surface area contributed by atoms with Crippen LogP contribution in [-0.2, 0) is 22.3 Å². The molecule has 156 valence electrons. The van der Waals surface area contributed by atoms with Crippen LogP contribution >= 0.6 is 23.2 Å². The standard InChI is InChI=1S/C18H18Cl2F2N4O2S/c1-3-29(27)26(14-6-7-15(19)16(20)8-14)10-13-5-4-12(9-24-13)18(25-23-2)28-11-17(21)22/h4-9,17H,2-3,10-11H2,1H3/b25-18-. The highest BCUT2D eigenvalue weighted by atomic mass is 35.5. The van der Waals surface area contributed by atoms with Gasteiger partial charge in [-0.3, -0.25) is 9.29 Å². The lowest BCUT2D eigenvalue weighted by molar-refractivity contribution is 0.0765. The molecule has 29 heavy (non-hydrogen) atoms. The molecule has 0 aliphatic rings. The topological polar surface area (TPSA) is 67.2 Å². The smallest absolute Gasteiger partial charge is 0.272 e. The molecule has 1 unspecified atom stereocenters. The fraction of sp³-hybridized carbons (Fsp3) is 0.278. The van der Waals surface area contributed by atoms with Crippen LogP contribution in [0.5, 0.6) is 0 Å². The van der Waals surface area contributed by atoms with E-state index in [0.29, 0.717) is 32.7 Å². The molecule has 1 aromatic carbocycles. The summed E-state index contributed by atoms with van der Waals surface area (Å²) >= 11 is 12.0. The monoisotopic (exact) mass is 462 g/mol. The van der Waals surface area contributed by atoms with Gasteiger partial charge in [-0.25, -0.2) is 13.0 Å². The molecule has 6 nitrogen and oxygen atoms in total. The first kappa shape index (κ1) is 23.2. The van der Waals surface area contributed by atoms with E-state index in [9.17, 15) is 13.0 Å². The van der Waals surface area contributed by atoms with Gasteiger partial charge in [0.25, 0.3) is 6.43 Å². The third-order valence-electron chi connectivity index (χ3n) is 3.57. The molecule has 0 aliphatic carbocycles. The SMILES string of the molecule is C=N/N=C(\OCC(F)F)c1ccc(CN(c2ccc(Cl)c(Cl)c2)S(=O)CC)nc1. The molecule has 0 saturated heterocycles. The van der Waals surface area contributed by atoms with Gasteiger partial charge in [0.1, 0.15) is 11.0 Å². The number of hydrogen-bond acceptors (Lipinski definition) is 5. The average Bonchev–Trinajstić information content (AvgIpc) is 2.71. The molecular formula is C18H18Cl2F2N4O2S. The Morgan fingerprint density at radius 2 is 2.07 bits per heavy atom. The molecule has 0 fully saturated rings. The molecule has 0 aliphatic heterocycles. The number of nitrogens with zero attached hydrogens (tertiary/aromatic N) is 4. The third kappa shape index (κ3) is 6.73. The quantitative estimate of drug-likeness (QED) is 0.307. The van der Waals surface area contributed by atoms with Crippen molar-refractivity contribution in [1.82, 2.24) is 4.98 Å². The van der Waals surface area contributed by atoms with E-state index in [1.54, 1.807) is 41.6 Å². The predicted octanol–water partition coefficient (Wildman–Crippen LogP) is 4.72. The van der Waals surface area contributed by atoms with Crippen LogP contribution in [0.4, 0.5) is 14.5 Å². The van der Waals surface area contributed by atoms with Crippen molar-refractivity contribution < 1.29 is 17.7 Å². The summed E-state index contributed by atoms with van der Waals surface area (Å²) in [4.78, 5) is 4.29. The van der Waals surface area contributed by atoms with Crippen molar-refractivity contribution in [2.75, 3.05) is 16.7 Å². The van der Waals surface area contributed by atoms with E-state index >= 15 is 0 Å². The van der Waals surface area contributed by atoms with Gasteiger partial charge < -0.3 is 4.74 Å². The number of ether oxygens (including phenoxy) is 1. The number of rotatable bonds is 9. The van der Waals surface area contributed by atoms with Crippen LogP contribution in [0.2, 0.25) is 10.0 Å². The van der Waals surface area contributed by atoms with Crippen molar-refractivity contribution >= 4 is 52.5 Å². The Morgan fingerprint density at radius 1 is 1.31 bits per heavy atom. The number of pyridine rings is 1. The first-order valence-corrected chi connectivity index (χ1v) is 10.4. The molecule has 0 saturated carbocycles. The normalized spacial score (nSPS) is 12.7. The second kappa shape index (κ2) is 11.2. The minimum Gasteiger partial charge on any atom is -0.470 e. The lowest BCUT2D eigenvalue weighted by Gasteiger charge is -2.23. The maximum atomic E-state index is 12.5. The highest BCUT2D eigenvalue weighted by molar-refractivity contribution is 7.86. The van der Waals surface area contributed by atoms with Crippen LogP contribution in [-0.4, -0.2) is 40.6 Å². The maximum Gasteiger partial charge on any atom is 0.272 e. The summed E-state index contributed by atoms with van der Waals surface area (Å²) in [6, 6.07) is 8.22. The second-order valence-electron chi connectivity index (χ2n) is 5.53. The molecule has 1 atom stereocenters. The number of alkyl halides is 2. The lowest BCUT2D eigenvalue weighted by Crippen LogP contribution is -2.27. The Balaban J connectivity index is 2.24. The minimum absolute atomic E-state index is 0.113. The fourth-order valence-electron chi connectivity index (χ4n) is 2.24. The zero-order valence-corrected chi connectivity index (χ0v) is 17.7.